The maximum Gasteiger partial charge on any atom is 0.310 e. The predicted molar refractivity (Wildman–Crippen MR) is 62.8 cm³/mol. The fourth-order valence-electron chi connectivity index (χ4n) is 1.52. The number of benzene rings is 1. The number of rotatable bonds is 5. The molecule has 0 amide bonds. The zero-order chi connectivity index (χ0) is 12.8. The predicted octanol–water partition coefficient (Wildman–Crippen LogP) is 2.68. The van der Waals surface area contributed by atoms with Crippen LogP contribution in [0, 0.1) is 5.82 Å². The van der Waals surface area contributed by atoms with Crippen LogP contribution in [0.15, 0.2) is 12.1 Å². The summed E-state index contributed by atoms with van der Waals surface area (Å²) in [6, 6.07) is 2.94. The third-order valence-electron chi connectivity index (χ3n) is 2.18. The van der Waals surface area contributed by atoms with E-state index in [-0.39, 0.29) is 18.1 Å². The summed E-state index contributed by atoms with van der Waals surface area (Å²) in [6.45, 7) is 2.00. The van der Waals surface area contributed by atoms with Crippen LogP contribution in [0.2, 0.25) is 0 Å². The molecule has 1 rings (SSSR count). The van der Waals surface area contributed by atoms with Gasteiger partial charge in [-0.3, -0.25) is 4.79 Å². The molecule has 0 aromatic heterocycles. The number of carbonyl (C=O) groups excluding carboxylic acids is 1. The maximum absolute atomic E-state index is 13.6. The molecule has 0 saturated carbocycles. The number of esters is 1. The van der Waals surface area contributed by atoms with Crippen LogP contribution in [0.5, 0.6) is 5.75 Å². The van der Waals surface area contributed by atoms with Gasteiger partial charge in [-0.15, -0.1) is 11.6 Å². The van der Waals surface area contributed by atoms with Crippen molar-refractivity contribution >= 4 is 17.6 Å². The first-order valence-electron chi connectivity index (χ1n) is 5.19. The Morgan fingerprint density at radius 1 is 1.47 bits per heavy atom. The summed E-state index contributed by atoms with van der Waals surface area (Å²) in [5.41, 5.74) is 1.05. The Labute approximate surface area is 104 Å². The van der Waals surface area contributed by atoms with E-state index < -0.39 is 11.8 Å². The fourth-order valence-corrected chi connectivity index (χ4v) is 1.67. The zero-order valence-corrected chi connectivity index (χ0v) is 10.5. The van der Waals surface area contributed by atoms with Gasteiger partial charge in [0.15, 0.2) is 11.6 Å². The highest BCUT2D eigenvalue weighted by Gasteiger charge is 2.15. The first kappa shape index (κ1) is 13.8. The van der Waals surface area contributed by atoms with Crippen LogP contribution in [-0.2, 0) is 21.8 Å². The van der Waals surface area contributed by atoms with Crippen LogP contribution in [0.4, 0.5) is 4.39 Å². The second kappa shape index (κ2) is 6.45. The molecule has 1 aromatic rings. The molecule has 94 valence electrons. The molecule has 0 N–H and O–H groups in total. The van der Waals surface area contributed by atoms with Crippen molar-refractivity contribution in [2.24, 2.45) is 0 Å². The molecular weight excluding hydrogens is 247 g/mol. The molecule has 17 heavy (non-hydrogen) atoms. The topological polar surface area (TPSA) is 35.5 Å². The minimum atomic E-state index is -0.523. The van der Waals surface area contributed by atoms with Gasteiger partial charge in [-0.1, -0.05) is 6.07 Å². The normalized spacial score (nSPS) is 10.1. The Hall–Kier alpha value is -1.29. The third-order valence-corrected chi connectivity index (χ3v) is 2.49. The van der Waals surface area contributed by atoms with Crippen molar-refractivity contribution in [1.29, 1.82) is 0 Å². The summed E-state index contributed by atoms with van der Waals surface area (Å²) in [7, 11) is 1.35. The highest BCUT2D eigenvalue weighted by atomic mass is 35.5. The lowest BCUT2D eigenvalue weighted by Crippen LogP contribution is -2.09. The van der Waals surface area contributed by atoms with E-state index in [0.29, 0.717) is 17.7 Å². The molecule has 0 atom stereocenters. The second-order valence-electron chi connectivity index (χ2n) is 3.39. The maximum atomic E-state index is 13.6. The van der Waals surface area contributed by atoms with E-state index >= 15 is 0 Å². The molecular formula is C12H14ClFO3. The van der Waals surface area contributed by atoms with Gasteiger partial charge >= 0.3 is 5.97 Å². The lowest BCUT2D eigenvalue weighted by atomic mass is 10.1. The first-order chi connectivity index (χ1) is 8.12. The van der Waals surface area contributed by atoms with Gasteiger partial charge in [0.25, 0.3) is 0 Å². The van der Waals surface area contributed by atoms with Gasteiger partial charge in [0.2, 0.25) is 0 Å². The van der Waals surface area contributed by atoms with Crippen molar-refractivity contribution in [3.05, 3.63) is 29.1 Å². The monoisotopic (exact) mass is 260 g/mol. The van der Waals surface area contributed by atoms with Crippen molar-refractivity contribution in [1.82, 2.24) is 0 Å². The molecule has 0 heterocycles. The van der Waals surface area contributed by atoms with Crippen molar-refractivity contribution in [2.75, 3.05) is 13.7 Å². The van der Waals surface area contributed by atoms with Gasteiger partial charge in [0, 0.05) is 11.4 Å². The molecule has 1 aromatic carbocycles. The highest BCUT2D eigenvalue weighted by Crippen LogP contribution is 2.26. The summed E-state index contributed by atoms with van der Waals surface area (Å²) in [6.07, 6.45) is -0.0291. The van der Waals surface area contributed by atoms with Crippen molar-refractivity contribution in [3.8, 4) is 5.75 Å². The molecule has 3 nitrogen and oxygen atoms in total. The van der Waals surface area contributed by atoms with E-state index in [1.807, 2.05) is 0 Å². The van der Waals surface area contributed by atoms with Gasteiger partial charge in [0.1, 0.15) is 0 Å². The van der Waals surface area contributed by atoms with Crippen LogP contribution >= 0.6 is 11.6 Å². The number of carbonyl (C=O) groups is 1. The van der Waals surface area contributed by atoms with Crippen LogP contribution in [0.25, 0.3) is 0 Å². The number of ether oxygens (including phenoxy) is 2. The molecule has 0 radical (unpaired) electrons. The lowest BCUT2D eigenvalue weighted by Gasteiger charge is -2.10. The molecule has 0 saturated heterocycles. The average Bonchev–Trinajstić information content (AvgIpc) is 2.28. The number of hydrogen-bond acceptors (Lipinski definition) is 3. The lowest BCUT2D eigenvalue weighted by molar-refractivity contribution is -0.142. The largest absolute Gasteiger partial charge is 0.493 e. The van der Waals surface area contributed by atoms with E-state index in [0.717, 1.165) is 0 Å². The van der Waals surface area contributed by atoms with Crippen LogP contribution in [0.1, 0.15) is 18.1 Å². The highest BCUT2D eigenvalue weighted by molar-refractivity contribution is 6.17. The Kier molecular flexibility index (Phi) is 5.22. The second-order valence-corrected chi connectivity index (χ2v) is 3.65. The van der Waals surface area contributed by atoms with E-state index in [1.54, 1.807) is 13.0 Å². The van der Waals surface area contributed by atoms with Crippen LogP contribution in [-0.4, -0.2) is 19.7 Å². The molecule has 0 unspecified atom stereocenters. The Balaban J connectivity index is 3.02. The minimum Gasteiger partial charge on any atom is -0.493 e. The Morgan fingerprint density at radius 2 is 2.18 bits per heavy atom. The summed E-state index contributed by atoms with van der Waals surface area (Å²) < 4.78 is 23.3. The van der Waals surface area contributed by atoms with Gasteiger partial charge in [-0.25, -0.2) is 4.39 Å². The van der Waals surface area contributed by atoms with Gasteiger partial charge in [-0.05, 0) is 18.6 Å². The summed E-state index contributed by atoms with van der Waals surface area (Å²) >= 11 is 5.64. The average molecular weight is 261 g/mol. The molecule has 0 aliphatic carbocycles. The number of alkyl halides is 1. The number of methoxy groups -OCH3 is 1. The Bertz CT molecular complexity index is 407. The van der Waals surface area contributed by atoms with Gasteiger partial charge < -0.3 is 9.47 Å². The molecule has 5 heteroatoms. The van der Waals surface area contributed by atoms with E-state index in [2.05, 4.69) is 0 Å². The van der Waals surface area contributed by atoms with Crippen molar-refractivity contribution in [3.63, 3.8) is 0 Å². The molecule has 0 aliphatic rings. The SMILES string of the molecule is CCOC(=O)Cc1cc(CCl)cc(F)c1OC. The summed E-state index contributed by atoms with van der Waals surface area (Å²) in [4.78, 5) is 11.4. The summed E-state index contributed by atoms with van der Waals surface area (Å²) in [5, 5.41) is 0. The fraction of sp³-hybridized carbons (Fsp3) is 0.417. The Morgan fingerprint density at radius 3 is 2.71 bits per heavy atom. The quantitative estimate of drug-likeness (QED) is 0.603. The standard InChI is InChI=1S/C12H14ClFO3/c1-3-17-11(15)6-9-4-8(7-13)5-10(14)12(9)16-2/h4-5H,3,6-7H2,1-2H3. The zero-order valence-electron chi connectivity index (χ0n) is 9.76. The molecule has 0 fully saturated rings. The molecule has 0 bridgehead atoms. The van der Waals surface area contributed by atoms with Crippen LogP contribution < -0.4 is 4.74 Å². The van der Waals surface area contributed by atoms with E-state index in [9.17, 15) is 9.18 Å². The van der Waals surface area contributed by atoms with Crippen LogP contribution in [0.3, 0.4) is 0 Å². The number of hydrogen-bond donors (Lipinski definition) is 0. The first-order valence-corrected chi connectivity index (χ1v) is 5.72. The smallest absolute Gasteiger partial charge is 0.310 e. The van der Waals surface area contributed by atoms with Crippen molar-refractivity contribution < 1.29 is 18.7 Å². The molecule has 0 aliphatic heterocycles. The van der Waals surface area contributed by atoms with E-state index in [4.69, 9.17) is 21.1 Å². The third kappa shape index (κ3) is 3.60. The van der Waals surface area contributed by atoms with Crippen molar-refractivity contribution in [2.45, 2.75) is 19.2 Å². The van der Waals surface area contributed by atoms with Gasteiger partial charge in [0.05, 0.1) is 20.1 Å². The minimum absolute atomic E-state index is 0.0291. The van der Waals surface area contributed by atoms with E-state index in [1.165, 1.54) is 13.2 Å². The number of halogens is 2. The summed E-state index contributed by atoms with van der Waals surface area (Å²) in [5.74, 6) is -0.703. The molecule has 0 spiro atoms. The van der Waals surface area contributed by atoms with Gasteiger partial charge in [-0.2, -0.15) is 0 Å².